The zero-order valence-electron chi connectivity index (χ0n) is 8.75. The zero-order chi connectivity index (χ0) is 12.6. The van der Waals surface area contributed by atoms with Crippen molar-refractivity contribution in [3.8, 4) is 11.3 Å². The van der Waals surface area contributed by atoms with E-state index < -0.39 is 17.5 Å². The van der Waals surface area contributed by atoms with Gasteiger partial charge < -0.3 is 0 Å². The Hall–Kier alpha value is -2.11. The molecule has 0 fully saturated rings. The van der Waals surface area contributed by atoms with Crippen LogP contribution in [-0.4, -0.2) is 16.1 Å². The fourth-order valence-electron chi connectivity index (χ4n) is 1.51. The van der Waals surface area contributed by atoms with Gasteiger partial charge >= 0.3 is 0 Å². The van der Waals surface area contributed by atoms with Crippen molar-refractivity contribution in [1.82, 2.24) is 9.78 Å². The third-order valence-corrected chi connectivity index (χ3v) is 2.24. The summed E-state index contributed by atoms with van der Waals surface area (Å²) in [6.07, 6.45) is 1.92. The number of hydrogen-bond acceptors (Lipinski definition) is 2. The minimum atomic E-state index is -1.54. The predicted octanol–water partition coefficient (Wildman–Crippen LogP) is 2.32. The largest absolute Gasteiger partial charge is 0.298 e. The highest BCUT2D eigenvalue weighted by molar-refractivity contribution is 5.85. The molecule has 1 aromatic carbocycles. The van der Waals surface area contributed by atoms with E-state index in [-0.39, 0.29) is 16.8 Å². The van der Waals surface area contributed by atoms with E-state index in [1.54, 1.807) is 7.05 Å². The van der Waals surface area contributed by atoms with Gasteiger partial charge in [-0.2, -0.15) is 5.10 Å². The van der Waals surface area contributed by atoms with Gasteiger partial charge in [-0.15, -0.1) is 0 Å². The summed E-state index contributed by atoms with van der Waals surface area (Å²) in [5, 5.41) is 3.89. The van der Waals surface area contributed by atoms with Crippen molar-refractivity contribution >= 4 is 6.29 Å². The van der Waals surface area contributed by atoms with E-state index in [0.717, 1.165) is 12.1 Å². The maximum Gasteiger partial charge on any atom is 0.194 e. The molecule has 0 aliphatic carbocycles. The van der Waals surface area contributed by atoms with Gasteiger partial charge in [-0.25, -0.2) is 13.2 Å². The van der Waals surface area contributed by atoms with Crippen LogP contribution < -0.4 is 0 Å². The molecule has 0 saturated heterocycles. The molecule has 3 nitrogen and oxygen atoms in total. The van der Waals surface area contributed by atoms with Gasteiger partial charge in [-0.1, -0.05) is 0 Å². The quantitative estimate of drug-likeness (QED) is 0.596. The first kappa shape index (κ1) is 11.4. The highest BCUT2D eigenvalue weighted by Crippen LogP contribution is 2.24. The maximum absolute atomic E-state index is 13.0. The lowest BCUT2D eigenvalue weighted by molar-refractivity contribution is 0.112. The van der Waals surface area contributed by atoms with Crippen LogP contribution in [0.4, 0.5) is 13.2 Å². The molecule has 88 valence electrons. The molecule has 2 aromatic rings. The Morgan fingerprint density at radius 1 is 1.24 bits per heavy atom. The van der Waals surface area contributed by atoms with Gasteiger partial charge in [0.15, 0.2) is 23.7 Å². The number of aldehydes is 1. The Morgan fingerprint density at radius 3 is 2.35 bits per heavy atom. The molecule has 0 aliphatic heterocycles. The van der Waals surface area contributed by atoms with Crippen LogP contribution in [0.3, 0.4) is 0 Å². The lowest BCUT2D eigenvalue weighted by Crippen LogP contribution is -1.94. The molecule has 6 heteroatoms. The highest BCUT2D eigenvalue weighted by atomic mass is 19.2. The van der Waals surface area contributed by atoms with Crippen molar-refractivity contribution in [1.29, 1.82) is 0 Å². The van der Waals surface area contributed by atoms with Crippen LogP contribution in [0.5, 0.6) is 0 Å². The van der Waals surface area contributed by atoms with E-state index in [2.05, 4.69) is 5.10 Å². The summed E-state index contributed by atoms with van der Waals surface area (Å²) in [5.41, 5.74) is 0.308. The number of rotatable bonds is 2. The topological polar surface area (TPSA) is 34.9 Å². The first-order valence-corrected chi connectivity index (χ1v) is 4.66. The van der Waals surface area contributed by atoms with Gasteiger partial charge in [0.1, 0.15) is 5.69 Å². The second-order valence-corrected chi connectivity index (χ2v) is 3.48. The number of carbonyl (C=O) groups excluding carboxylic acids is 1. The van der Waals surface area contributed by atoms with Gasteiger partial charge in [-0.05, 0) is 12.1 Å². The third kappa shape index (κ3) is 1.93. The Labute approximate surface area is 94.5 Å². The molecule has 17 heavy (non-hydrogen) atoms. The van der Waals surface area contributed by atoms with Gasteiger partial charge in [0.05, 0.1) is 5.56 Å². The van der Waals surface area contributed by atoms with Crippen LogP contribution in [0.2, 0.25) is 0 Å². The molecule has 0 atom stereocenters. The van der Waals surface area contributed by atoms with E-state index in [1.165, 1.54) is 10.9 Å². The number of aromatic nitrogens is 2. The Balaban J connectivity index is 2.64. The highest BCUT2D eigenvalue weighted by Gasteiger charge is 2.15. The SMILES string of the molecule is Cn1cc(C=O)c(-c2cc(F)c(F)c(F)c2)n1. The van der Waals surface area contributed by atoms with Crippen LogP contribution >= 0.6 is 0 Å². The van der Waals surface area contributed by atoms with Gasteiger partial charge in [-0.3, -0.25) is 9.48 Å². The summed E-state index contributed by atoms with van der Waals surface area (Å²) in [7, 11) is 1.56. The standard InChI is InChI=1S/C11H7F3N2O/c1-16-4-7(5-17)11(15-16)6-2-8(12)10(14)9(13)3-6/h2-5H,1H3. The van der Waals surface area contributed by atoms with E-state index >= 15 is 0 Å². The minimum Gasteiger partial charge on any atom is -0.298 e. The average molecular weight is 240 g/mol. The molecule has 0 unspecified atom stereocenters. The molecule has 2 rings (SSSR count). The van der Waals surface area contributed by atoms with Gasteiger partial charge in [0.2, 0.25) is 0 Å². The Morgan fingerprint density at radius 2 is 1.82 bits per heavy atom. The predicted molar refractivity (Wildman–Crippen MR) is 53.9 cm³/mol. The molecular weight excluding hydrogens is 233 g/mol. The van der Waals surface area contributed by atoms with E-state index in [4.69, 9.17) is 0 Å². The number of nitrogens with zero attached hydrogens (tertiary/aromatic N) is 2. The van der Waals surface area contributed by atoms with Crippen molar-refractivity contribution in [3.63, 3.8) is 0 Å². The van der Waals surface area contributed by atoms with Crippen LogP contribution in [0.25, 0.3) is 11.3 Å². The lowest BCUT2D eigenvalue weighted by atomic mass is 10.1. The van der Waals surface area contributed by atoms with Crippen molar-refractivity contribution in [3.05, 3.63) is 41.3 Å². The van der Waals surface area contributed by atoms with Crippen molar-refractivity contribution < 1.29 is 18.0 Å². The molecule has 0 spiro atoms. The summed E-state index contributed by atoms with van der Waals surface area (Å²) in [5.74, 6) is -4.18. The third-order valence-electron chi connectivity index (χ3n) is 2.24. The summed E-state index contributed by atoms with van der Waals surface area (Å²) in [6, 6.07) is 1.60. The normalized spacial score (nSPS) is 10.6. The van der Waals surface area contributed by atoms with Gasteiger partial charge in [0.25, 0.3) is 0 Å². The van der Waals surface area contributed by atoms with Crippen LogP contribution in [-0.2, 0) is 7.05 Å². The summed E-state index contributed by atoms with van der Waals surface area (Å²) < 4.78 is 40.2. The van der Waals surface area contributed by atoms with Crippen molar-refractivity contribution in [2.45, 2.75) is 0 Å². The first-order chi connectivity index (χ1) is 8.02. The van der Waals surface area contributed by atoms with E-state index in [0.29, 0.717) is 6.29 Å². The Bertz CT molecular complexity index is 569. The summed E-state index contributed by atoms with van der Waals surface area (Å²) in [4.78, 5) is 10.7. The smallest absolute Gasteiger partial charge is 0.194 e. The summed E-state index contributed by atoms with van der Waals surface area (Å²) >= 11 is 0. The van der Waals surface area contributed by atoms with Crippen LogP contribution in [0.15, 0.2) is 18.3 Å². The fraction of sp³-hybridized carbons (Fsp3) is 0.0909. The van der Waals surface area contributed by atoms with Crippen molar-refractivity contribution in [2.75, 3.05) is 0 Å². The van der Waals surface area contributed by atoms with Crippen LogP contribution in [0.1, 0.15) is 10.4 Å². The second kappa shape index (κ2) is 4.04. The molecular formula is C11H7F3N2O. The number of carbonyl (C=O) groups is 1. The number of benzene rings is 1. The first-order valence-electron chi connectivity index (χ1n) is 4.66. The molecule has 0 amide bonds. The van der Waals surface area contributed by atoms with Crippen LogP contribution in [0, 0.1) is 17.5 Å². The number of halogens is 3. The molecule has 1 heterocycles. The maximum atomic E-state index is 13.0. The molecule has 0 bridgehead atoms. The molecule has 0 aliphatic rings. The second-order valence-electron chi connectivity index (χ2n) is 3.48. The number of hydrogen-bond donors (Lipinski definition) is 0. The Kier molecular flexibility index (Phi) is 2.71. The van der Waals surface area contributed by atoms with E-state index in [9.17, 15) is 18.0 Å². The average Bonchev–Trinajstić information content (AvgIpc) is 2.66. The monoisotopic (exact) mass is 240 g/mol. The zero-order valence-corrected chi connectivity index (χ0v) is 8.75. The fourth-order valence-corrected chi connectivity index (χ4v) is 1.51. The van der Waals surface area contributed by atoms with E-state index in [1.807, 2.05) is 0 Å². The summed E-state index contributed by atoms with van der Waals surface area (Å²) in [6.45, 7) is 0. The minimum absolute atomic E-state index is 0.0177. The molecule has 0 radical (unpaired) electrons. The lowest BCUT2D eigenvalue weighted by Gasteiger charge is -2.01. The van der Waals surface area contributed by atoms with Gasteiger partial charge in [0, 0.05) is 18.8 Å². The molecule has 1 aromatic heterocycles. The number of aryl methyl sites for hydroxylation is 1. The van der Waals surface area contributed by atoms with Crippen molar-refractivity contribution in [2.24, 2.45) is 7.05 Å². The molecule has 0 N–H and O–H groups in total. The molecule has 0 saturated carbocycles.